The van der Waals surface area contributed by atoms with Crippen LogP contribution in [0.5, 0.6) is 5.75 Å². The Labute approximate surface area is 144 Å². The van der Waals surface area contributed by atoms with Crippen molar-refractivity contribution in [3.05, 3.63) is 29.3 Å². The summed E-state index contributed by atoms with van der Waals surface area (Å²) in [5.41, 5.74) is 0.719. The van der Waals surface area contributed by atoms with Gasteiger partial charge in [-0.2, -0.15) is 0 Å². The van der Waals surface area contributed by atoms with E-state index in [1.165, 1.54) is 17.0 Å². The third kappa shape index (κ3) is 4.64. The fraction of sp³-hybridized carbons (Fsp3) is 0.588. The Morgan fingerprint density at radius 1 is 1.20 bits per heavy atom. The van der Waals surface area contributed by atoms with Gasteiger partial charge in [0, 0.05) is 13.1 Å². The van der Waals surface area contributed by atoms with Gasteiger partial charge in [0.15, 0.2) is 0 Å². The van der Waals surface area contributed by atoms with Crippen LogP contribution in [0.2, 0.25) is 0 Å². The number of rotatable bonds is 3. The first-order valence-electron chi connectivity index (χ1n) is 8.41. The van der Waals surface area contributed by atoms with Crippen LogP contribution in [-0.4, -0.2) is 56.6 Å². The molecule has 2 aliphatic heterocycles. The smallest absolute Gasteiger partial charge is 0.405 e. The second-order valence-corrected chi connectivity index (χ2v) is 6.23. The molecule has 0 aromatic heterocycles. The highest BCUT2D eigenvalue weighted by Gasteiger charge is 2.34. The quantitative estimate of drug-likeness (QED) is 0.902. The molecule has 138 valence electrons. The molecule has 2 saturated heterocycles. The van der Waals surface area contributed by atoms with Crippen LogP contribution >= 0.6 is 0 Å². The minimum Gasteiger partial charge on any atom is -0.405 e. The number of amides is 1. The van der Waals surface area contributed by atoms with Crippen molar-refractivity contribution in [2.45, 2.75) is 25.1 Å². The van der Waals surface area contributed by atoms with Crippen LogP contribution in [0, 0.1) is 0 Å². The fourth-order valence-corrected chi connectivity index (χ4v) is 3.27. The lowest BCUT2D eigenvalue weighted by atomic mass is 9.89. The molecule has 1 aromatic rings. The highest BCUT2D eigenvalue weighted by Crippen LogP contribution is 2.33. The average Bonchev–Trinajstić information content (AvgIpc) is 2.61. The predicted octanol–water partition coefficient (Wildman–Crippen LogP) is 2.52. The van der Waals surface area contributed by atoms with Gasteiger partial charge >= 0.3 is 6.36 Å². The van der Waals surface area contributed by atoms with Gasteiger partial charge < -0.3 is 19.7 Å². The van der Waals surface area contributed by atoms with Crippen LogP contribution in [0.3, 0.4) is 0 Å². The Balaban J connectivity index is 1.88. The van der Waals surface area contributed by atoms with Crippen molar-refractivity contribution in [1.29, 1.82) is 0 Å². The summed E-state index contributed by atoms with van der Waals surface area (Å²) in [4.78, 5) is 14.1. The zero-order chi connectivity index (χ0) is 17.9. The molecule has 0 spiro atoms. The van der Waals surface area contributed by atoms with E-state index in [2.05, 4.69) is 10.1 Å². The zero-order valence-corrected chi connectivity index (χ0v) is 13.8. The number of nitrogens with one attached hydrogen (secondary N) is 1. The van der Waals surface area contributed by atoms with E-state index in [0.717, 1.165) is 31.5 Å². The Morgan fingerprint density at radius 2 is 1.88 bits per heavy atom. The third-order valence-electron chi connectivity index (χ3n) is 4.57. The van der Waals surface area contributed by atoms with Gasteiger partial charge in [-0.05, 0) is 49.5 Å². The largest absolute Gasteiger partial charge is 0.573 e. The van der Waals surface area contributed by atoms with Crippen LogP contribution in [-0.2, 0) is 4.74 Å². The van der Waals surface area contributed by atoms with Crippen molar-refractivity contribution in [1.82, 2.24) is 10.2 Å². The fourth-order valence-electron chi connectivity index (χ4n) is 3.27. The SMILES string of the molecule is O=C(c1ccc(C2CCNCC2)cc1OC(F)(F)F)N1CCOCC1. The Morgan fingerprint density at radius 3 is 2.52 bits per heavy atom. The molecule has 1 amide bonds. The van der Waals surface area contributed by atoms with E-state index in [1.54, 1.807) is 6.07 Å². The maximum atomic E-state index is 12.8. The second kappa shape index (κ2) is 7.61. The van der Waals surface area contributed by atoms with Crippen molar-refractivity contribution in [2.24, 2.45) is 0 Å². The van der Waals surface area contributed by atoms with Crippen LogP contribution in [0.1, 0.15) is 34.7 Å². The van der Waals surface area contributed by atoms with Gasteiger partial charge in [0.1, 0.15) is 5.75 Å². The van der Waals surface area contributed by atoms with E-state index >= 15 is 0 Å². The molecule has 0 saturated carbocycles. The van der Waals surface area contributed by atoms with Gasteiger partial charge in [-0.15, -0.1) is 13.2 Å². The summed E-state index contributed by atoms with van der Waals surface area (Å²) in [6.45, 7) is 3.15. The molecule has 0 atom stereocenters. The molecule has 2 aliphatic rings. The molecule has 2 fully saturated rings. The first-order chi connectivity index (χ1) is 11.9. The topological polar surface area (TPSA) is 50.8 Å². The summed E-state index contributed by atoms with van der Waals surface area (Å²) < 4.78 is 47.8. The second-order valence-electron chi connectivity index (χ2n) is 6.23. The number of piperidine rings is 1. The number of benzene rings is 1. The van der Waals surface area contributed by atoms with Gasteiger partial charge in [0.25, 0.3) is 5.91 Å². The zero-order valence-electron chi connectivity index (χ0n) is 13.8. The molecule has 5 nitrogen and oxygen atoms in total. The average molecular weight is 358 g/mol. The minimum atomic E-state index is -4.84. The molecule has 0 unspecified atom stereocenters. The lowest BCUT2D eigenvalue weighted by Crippen LogP contribution is -2.41. The van der Waals surface area contributed by atoms with Crippen molar-refractivity contribution in [2.75, 3.05) is 39.4 Å². The standard InChI is InChI=1S/C17H21F3N2O3/c18-17(19,20)25-15-11-13(12-3-5-21-6-4-12)1-2-14(15)16(23)22-7-9-24-10-8-22/h1-2,11-12,21H,3-10H2. The number of carbonyl (C=O) groups excluding carboxylic acids is 1. The summed E-state index contributed by atoms with van der Waals surface area (Å²) in [5, 5.41) is 3.23. The number of halogens is 3. The van der Waals surface area contributed by atoms with Crippen LogP contribution < -0.4 is 10.1 Å². The highest BCUT2D eigenvalue weighted by molar-refractivity contribution is 5.97. The molecule has 1 aromatic carbocycles. The number of ether oxygens (including phenoxy) is 2. The first-order valence-corrected chi connectivity index (χ1v) is 8.41. The number of nitrogens with zero attached hydrogens (tertiary/aromatic N) is 1. The number of carbonyl (C=O) groups is 1. The molecule has 0 radical (unpaired) electrons. The van der Waals surface area contributed by atoms with Gasteiger partial charge in [0.2, 0.25) is 0 Å². The first kappa shape index (κ1) is 18.0. The van der Waals surface area contributed by atoms with E-state index < -0.39 is 18.0 Å². The summed E-state index contributed by atoms with van der Waals surface area (Å²) >= 11 is 0. The Hall–Kier alpha value is -1.80. The van der Waals surface area contributed by atoms with E-state index in [4.69, 9.17) is 4.74 Å². The van der Waals surface area contributed by atoms with Gasteiger partial charge in [-0.25, -0.2) is 0 Å². The maximum Gasteiger partial charge on any atom is 0.573 e. The number of hydrogen-bond donors (Lipinski definition) is 1. The minimum absolute atomic E-state index is 0.0584. The molecule has 1 N–H and O–H groups in total. The summed E-state index contributed by atoms with van der Waals surface area (Å²) in [7, 11) is 0. The molecule has 3 rings (SSSR count). The van der Waals surface area contributed by atoms with Gasteiger partial charge in [0.05, 0.1) is 18.8 Å². The lowest BCUT2D eigenvalue weighted by Gasteiger charge is -2.28. The van der Waals surface area contributed by atoms with E-state index in [0.29, 0.717) is 26.3 Å². The number of hydrogen-bond acceptors (Lipinski definition) is 4. The molecular weight excluding hydrogens is 337 g/mol. The van der Waals surface area contributed by atoms with E-state index in [9.17, 15) is 18.0 Å². The van der Waals surface area contributed by atoms with Crippen molar-refractivity contribution >= 4 is 5.91 Å². The predicted molar refractivity (Wildman–Crippen MR) is 84.7 cm³/mol. The summed E-state index contributed by atoms with van der Waals surface area (Å²) in [6, 6.07) is 4.57. The molecule has 0 aliphatic carbocycles. The van der Waals surface area contributed by atoms with Gasteiger partial charge in [-0.1, -0.05) is 6.07 Å². The Kier molecular flexibility index (Phi) is 5.48. The van der Waals surface area contributed by atoms with E-state index in [1.807, 2.05) is 0 Å². The molecule has 2 heterocycles. The number of alkyl halides is 3. The normalized spacial score (nSPS) is 19.7. The monoisotopic (exact) mass is 358 g/mol. The van der Waals surface area contributed by atoms with Crippen LogP contribution in [0.4, 0.5) is 13.2 Å². The van der Waals surface area contributed by atoms with Crippen molar-refractivity contribution in [3.63, 3.8) is 0 Å². The van der Waals surface area contributed by atoms with Crippen molar-refractivity contribution < 1.29 is 27.4 Å². The highest BCUT2D eigenvalue weighted by atomic mass is 19.4. The summed E-state index contributed by atoms with van der Waals surface area (Å²) in [5.74, 6) is -0.705. The lowest BCUT2D eigenvalue weighted by molar-refractivity contribution is -0.274. The van der Waals surface area contributed by atoms with Crippen LogP contribution in [0.15, 0.2) is 18.2 Å². The van der Waals surface area contributed by atoms with E-state index in [-0.39, 0.29) is 11.5 Å². The Bertz CT molecular complexity index is 610. The molecule has 25 heavy (non-hydrogen) atoms. The number of morpholine rings is 1. The van der Waals surface area contributed by atoms with Crippen LogP contribution in [0.25, 0.3) is 0 Å². The van der Waals surface area contributed by atoms with Crippen molar-refractivity contribution in [3.8, 4) is 5.75 Å². The molecular formula is C17H21F3N2O3. The molecule has 8 heteroatoms. The third-order valence-corrected chi connectivity index (χ3v) is 4.57. The molecule has 0 bridgehead atoms. The van der Waals surface area contributed by atoms with Gasteiger partial charge in [-0.3, -0.25) is 4.79 Å². The summed E-state index contributed by atoms with van der Waals surface area (Å²) in [6.07, 6.45) is -3.14. The maximum absolute atomic E-state index is 12.8.